The summed E-state index contributed by atoms with van der Waals surface area (Å²) < 4.78 is 3.19. The van der Waals surface area contributed by atoms with Gasteiger partial charge >= 0.3 is 0 Å². The Balaban J connectivity index is 2.69. The monoisotopic (exact) mass is 245 g/mol. The summed E-state index contributed by atoms with van der Waals surface area (Å²) in [5.74, 6) is 0. The fourth-order valence-electron chi connectivity index (χ4n) is 1.28. The van der Waals surface area contributed by atoms with Gasteiger partial charge in [-0.2, -0.15) is 5.10 Å². The van der Waals surface area contributed by atoms with Crippen molar-refractivity contribution in [2.45, 2.75) is 26.3 Å². The van der Waals surface area contributed by atoms with E-state index < -0.39 is 0 Å². The fraction of sp³-hybridized carbons (Fsp3) is 0.667. The van der Waals surface area contributed by atoms with Crippen LogP contribution in [-0.4, -0.2) is 23.4 Å². The number of hydrogen-bond acceptors (Lipinski definition) is 2. The molecule has 74 valence electrons. The van der Waals surface area contributed by atoms with Gasteiger partial charge in [0.2, 0.25) is 0 Å². The van der Waals surface area contributed by atoms with E-state index in [1.165, 1.54) is 5.69 Å². The summed E-state index contributed by atoms with van der Waals surface area (Å²) in [6.45, 7) is 4.16. The van der Waals surface area contributed by atoms with Crippen LogP contribution in [0, 0.1) is 0 Å². The average molecular weight is 246 g/mol. The highest BCUT2D eigenvalue weighted by atomic mass is 79.9. The van der Waals surface area contributed by atoms with E-state index in [1.807, 2.05) is 13.2 Å². The molecule has 3 nitrogen and oxygen atoms in total. The molecule has 0 radical (unpaired) electrons. The van der Waals surface area contributed by atoms with Crippen LogP contribution >= 0.6 is 15.9 Å². The van der Waals surface area contributed by atoms with Crippen molar-refractivity contribution in [2.24, 2.45) is 0 Å². The zero-order valence-corrected chi connectivity index (χ0v) is 9.76. The summed E-state index contributed by atoms with van der Waals surface area (Å²) in [6, 6.07) is 0. The van der Waals surface area contributed by atoms with Crippen LogP contribution in [0.1, 0.15) is 19.0 Å². The van der Waals surface area contributed by atoms with Crippen LogP contribution < -0.4 is 5.32 Å². The van der Waals surface area contributed by atoms with E-state index in [-0.39, 0.29) is 0 Å². The fourth-order valence-corrected chi connectivity index (χ4v) is 1.78. The van der Waals surface area contributed by atoms with Gasteiger partial charge < -0.3 is 5.32 Å². The molecule has 1 N–H and O–H groups in total. The first-order valence-corrected chi connectivity index (χ1v) is 5.43. The maximum atomic E-state index is 4.30. The highest BCUT2D eigenvalue weighted by molar-refractivity contribution is 9.10. The summed E-state index contributed by atoms with van der Waals surface area (Å²) in [6.07, 6.45) is 4.03. The second-order valence-electron chi connectivity index (χ2n) is 3.02. The van der Waals surface area contributed by atoms with E-state index in [0.717, 1.165) is 30.4 Å². The van der Waals surface area contributed by atoms with Crippen molar-refractivity contribution < 1.29 is 0 Å². The SMILES string of the molecule is CCCn1ncc(Br)c1CCNC. The molecule has 1 rings (SSSR count). The highest BCUT2D eigenvalue weighted by Gasteiger charge is 2.06. The largest absolute Gasteiger partial charge is 0.319 e. The van der Waals surface area contributed by atoms with Gasteiger partial charge in [0.25, 0.3) is 0 Å². The van der Waals surface area contributed by atoms with Gasteiger partial charge in [-0.25, -0.2) is 0 Å². The van der Waals surface area contributed by atoms with Gasteiger partial charge in [-0.1, -0.05) is 6.92 Å². The van der Waals surface area contributed by atoms with Crippen LogP contribution in [0.15, 0.2) is 10.7 Å². The minimum atomic E-state index is 0.994. The van der Waals surface area contributed by atoms with Crippen LogP contribution in [0.3, 0.4) is 0 Å². The third-order valence-electron chi connectivity index (χ3n) is 1.94. The zero-order valence-electron chi connectivity index (χ0n) is 8.18. The van der Waals surface area contributed by atoms with Crippen molar-refractivity contribution in [1.82, 2.24) is 15.1 Å². The van der Waals surface area contributed by atoms with Gasteiger partial charge in [0.05, 0.1) is 16.4 Å². The summed E-state index contributed by atoms with van der Waals surface area (Å²) in [7, 11) is 1.97. The second kappa shape index (κ2) is 5.40. The lowest BCUT2D eigenvalue weighted by Gasteiger charge is -2.05. The number of likely N-dealkylation sites (N-methyl/N-ethyl adjacent to an activating group) is 1. The normalized spacial score (nSPS) is 10.7. The quantitative estimate of drug-likeness (QED) is 0.858. The molecule has 0 amide bonds. The first-order valence-electron chi connectivity index (χ1n) is 4.64. The van der Waals surface area contributed by atoms with E-state index in [2.05, 4.69) is 38.0 Å². The molecule has 0 aliphatic heterocycles. The molecule has 0 fully saturated rings. The minimum absolute atomic E-state index is 0.994. The molecule has 13 heavy (non-hydrogen) atoms. The van der Waals surface area contributed by atoms with Crippen LogP contribution in [0.5, 0.6) is 0 Å². The minimum Gasteiger partial charge on any atom is -0.319 e. The molecule has 0 aliphatic carbocycles. The van der Waals surface area contributed by atoms with E-state index in [0.29, 0.717) is 0 Å². The van der Waals surface area contributed by atoms with Gasteiger partial charge in [-0.15, -0.1) is 0 Å². The predicted molar refractivity (Wildman–Crippen MR) is 57.8 cm³/mol. The van der Waals surface area contributed by atoms with Crippen molar-refractivity contribution in [1.29, 1.82) is 0 Å². The van der Waals surface area contributed by atoms with Crippen LogP contribution in [0.4, 0.5) is 0 Å². The molecule has 0 saturated heterocycles. The molecule has 1 aromatic heterocycles. The Morgan fingerprint density at radius 3 is 3.00 bits per heavy atom. The van der Waals surface area contributed by atoms with E-state index in [1.54, 1.807) is 0 Å². The van der Waals surface area contributed by atoms with Crippen LogP contribution in [0.2, 0.25) is 0 Å². The zero-order chi connectivity index (χ0) is 9.68. The molecule has 1 aromatic rings. The Labute approximate surface area is 87.6 Å². The van der Waals surface area contributed by atoms with Gasteiger partial charge in [-0.05, 0) is 29.4 Å². The van der Waals surface area contributed by atoms with E-state index in [9.17, 15) is 0 Å². The molecule has 0 aromatic carbocycles. The van der Waals surface area contributed by atoms with Crippen LogP contribution in [-0.2, 0) is 13.0 Å². The summed E-state index contributed by atoms with van der Waals surface area (Å²) in [4.78, 5) is 0. The maximum Gasteiger partial charge on any atom is 0.0635 e. The number of rotatable bonds is 5. The van der Waals surface area contributed by atoms with Crippen molar-refractivity contribution in [3.8, 4) is 0 Å². The second-order valence-corrected chi connectivity index (χ2v) is 3.87. The van der Waals surface area contributed by atoms with E-state index in [4.69, 9.17) is 0 Å². The number of hydrogen-bond donors (Lipinski definition) is 1. The predicted octanol–water partition coefficient (Wildman–Crippen LogP) is 1.82. The molecule has 0 bridgehead atoms. The molecule has 1 heterocycles. The Morgan fingerprint density at radius 2 is 2.38 bits per heavy atom. The Hall–Kier alpha value is -0.350. The summed E-state index contributed by atoms with van der Waals surface area (Å²) in [5.41, 5.74) is 1.29. The smallest absolute Gasteiger partial charge is 0.0635 e. The number of aryl methyl sites for hydroxylation is 1. The standard InChI is InChI=1S/C9H16BrN3/c1-3-6-13-9(4-5-11-2)8(10)7-12-13/h7,11H,3-6H2,1-2H3. The van der Waals surface area contributed by atoms with Crippen molar-refractivity contribution in [2.75, 3.05) is 13.6 Å². The van der Waals surface area contributed by atoms with Crippen molar-refractivity contribution in [3.63, 3.8) is 0 Å². The van der Waals surface area contributed by atoms with Crippen molar-refractivity contribution in [3.05, 3.63) is 16.4 Å². The molecule has 0 spiro atoms. The molecule has 0 saturated carbocycles. The molecule has 0 atom stereocenters. The van der Waals surface area contributed by atoms with Gasteiger partial charge in [0.1, 0.15) is 0 Å². The summed E-state index contributed by atoms with van der Waals surface area (Å²) in [5, 5.41) is 7.44. The first-order chi connectivity index (χ1) is 6.29. The average Bonchev–Trinajstić information content (AvgIpc) is 2.45. The Kier molecular flexibility index (Phi) is 4.45. The molecule has 0 unspecified atom stereocenters. The first kappa shape index (κ1) is 10.7. The molecule has 4 heteroatoms. The Bertz CT molecular complexity index is 257. The Morgan fingerprint density at radius 1 is 1.62 bits per heavy atom. The lowest BCUT2D eigenvalue weighted by Crippen LogP contribution is -2.14. The van der Waals surface area contributed by atoms with Crippen molar-refractivity contribution >= 4 is 15.9 Å². The number of aromatic nitrogens is 2. The van der Waals surface area contributed by atoms with Gasteiger partial charge in [0.15, 0.2) is 0 Å². The molecular weight excluding hydrogens is 230 g/mol. The molecular formula is C9H16BrN3. The third-order valence-corrected chi connectivity index (χ3v) is 2.61. The van der Waals surface area contributed by atoms with Crippen LogP contribution in [0.25, 0.3) is 0 Å². The third kappa shape index (κ3) is 2.81. The summed E-state index contributed by atoms with van der Waals surface area (Å²) >= 11 is 3.51. The molecule has 0 aliphatic rings. The number of nitrogens with zero attached hydrogens (tertiary/aromatic N) is 2. The topological polar surface area (TPSA) is 29.9 Å². The lowest BCUT2D eigenvalue weighted by atomic mass is 10.3. The maximum absolute atomic E-state index is 4.30. The van der Waals surface area contributed by atoms with Gasteiger partial charge in [0, 0.05) is 19.5 Å². The number of halogens is 1. The highest BCUT2D eigenvalue weighted by Crippen LogP contribution is 2.16. The van der Waals surface area contributed by atoms with Gasteiger partial charge in [-0.3, -0.25) is 4.68 Å². The van der Waals surface area contributed by atoms with E-state index >= 15 is 0 Å². The number of nitrogens with one attached hydrogen (secondary N) is 1. The lowest BCUT2D eigenvalue weighted by molar-refractivity contribution is 0.567.